The summed E-state index contributed by atoms with van der Waals surface area (Å²) in [5.74, 6) is 0.900. The minimum atomic E-state index is -0.403. The summed E-state index contributed by atoms with van der Waals surface area (Å²) in [5, 5.41) is -0.0857. The first-order valence-electron chi connectivity index (χ1n) is 9.34. The van der Waals surface area contributed by atoms with E-state index in [0.29, 0.717) is 44.4 Å². The number of thioether (sulfide) groups is 1. The van der Waals surface area contributed by atoms with Gasteiger partial charge >= 0.3 is 0 Å². The van der Waals surface area contributed by atoms with Crippen molar-refractivity contribution in [2.75, 3.05) is 32.1 Å². The number of hydrogen-bond donors (Lipinski definition) is 0. The molecular formula is C20H28N2O3S. The van der Waals surface area contributed by atoms with Crippen molar-refractivity contribution in [3.8, 4) is 0 Å². The van der Waals surface area contributed by atoms with Crippen LogP contribution in [0.25, 0.3) is 0 Å². The number of morpholine rings is 1. The van der Waals surface area contributed by atoms with Gasteiger partial charge in [-0.2, -0.15) is 0 Å². The van der Waals surface area contributed by atoms with Crippen LogP contribution >= 0.6 is 11.8 Å². The molecule has 2 heterocycles. The molecule has 0 saturated carbocycles. The lowest BCUT2D eigenvalue weighted by Crippen LogP contribution is -2.53. The van der Waals surface area contributed by atoms with Crippen LogP contribution in [-0.2, 0) is 14.3 Å². The highest BCUT2D eigenvalue weighted by molar-refractivity contribution is 8.00. The van der Waals surface area contributed by atoms with Gasteiger partial charge in [0, 0.05) is 13.1 Å². The van der Waals surface area contributed by atoms with Crippen molar-refractivity contribution in [3.05, 3.63) is 35.4 Å². The molecule has 2 atom stereocenters. The molecule has 0 aromatic heterocycles. The van der Waals surface area contributed by atoms with E-state index in [4.69, 9.17) is 4.74 Å². The molecule has 2 saturated heterocycles. The number of aryl methyl sites for hydroxylation is 1. The normalized spacial score (nSPS) is 22.2. The molecule has 2 aliphatic rings. The van der Waals surface area contributed by atoms with Crippen LogP contribution in [0.1, 0.15) is 36.8 Å². The Morgan fingerprint density at radius 1 is 1.27 bits per heavy atom. The first-order valence-corrected chi connectivity index (χ1v) is 10.4. The first-order chi connectivity index (χ1) is 12.5. The number of ether oxygens (including phenoxy) is 1. The van der Waals surface area contributed by atoms with E-state index in [-0.39, 0.29) is 17.2 Å². The predicted octanol–water partition coefficient (Wildman–Crippen LogP) is 2.84. The standard InChI is InChI=1S/C20H28N2O3S/c1-14(2)12-17(19(24)21-8-10-25-11-9-21)22-18(23)13-26-20(22)16-7-5-4-6-15(16)3/h4-7,14,17,20H,8-13H2,1-3H3/t17-,20-/m1/s1. The monoisotopic (exact) mass is 376 g/mol. The second-order valence-electron chi connectivity index (χ2n) is 7.40. The summed E-state index contributed by atoms with van der Waals surface area (Å²) >= 11 is 1.63. The number of amides is 2. The van der Waals surface area contributed by atoms with Crippen LogP contribution in [0, 0.1) is 12.8 Å². The highest BCUT2D eigenvalue weighted by atomic mass is 32.2. The largest absolute Gasteiger partial charge is 0.378 e. The minimum Gasteiger partial charge on any atom is -0.378 e. The van der Waals surface area contributed by atoms with E-state index >= 15 is 0 Å². The Kier molecular flexibility index (Phi) is 6.24. The second kappa shape index (κ2) is 8.44. The van der Waals surface area contributed by atoms with E-state index in [2.05, 4.69) is 32.9 Å². The van der Waals surface area contributed by atoms with Gasteiger partial charge in [0.25, 0.3) is 0 Å². The quantitative estimate of drug-likeness (QED) is 0.793. The molecule has 0 spiro atoms. The third-order valence-corrected chi connectivity index (χ3v) is 6.21. The lowest BCUT2D eigenvalue weighted by Gasteiger charge is -2.37. The molecule has 26 heavy (non-hydrogen) atoms. The Morgan fingerprint density at radius 3 is 2.62 bits per heavy atom. The molecule has 2 fully saturated rings. The Labute approximate surface area is 160 Å². The molecule has 0 radical (unpaired) electrons. The third-order valence-electron chi connectivity index (χ3n) is 5.00. The van der Waals surface area contributed by atoms with Crippen LogP contribution < -0.4 is 0 Å². The van der Waals surface area contributed by atoms with E-state index in [0.717, 1.165) is 11.1 Å². The average Bonchev–Trinajstić information content (AvgIpc) is 3.01. The Hall–Kier alpha value is -1.53. The van der Waals surface area contributed by atoms with Gasteiger partial charge in [0.2, 0.25) is 11.8 Å². The molecule has 2 amide bonds. The summed E-state index contributed by atoms with van der Waals surface area (Å²) in [6.07, 6.45) is 0.685. The molecule has 3 rings (SSSR count). The highest BCUT2D eigenvalue weighted by Crippen LogP contribution is 2.42. The van der Waals surface area contributed by atoms with E-state index in [1.54, 1.807) is 11.8 Å². The highest BCUT2D eigenvalue weighted by Gasteiger charge is 2.42. The maximum absolute atomic E-state index is 13.3. The summed E-state index contributed by atoms with van der Waals surface area (Å²) < 4.78 is 5.38. The summed E-state index contributed by atoms with van der Waals surface area (Å²) in [4.78, 5) is 29.8. The molecule has 0 bridgehead atoms. The molecule has 0 unspecified atom stereocenters. The van der Waals surface area contributed by atoms with Gasteiger partial charge in [-0.1, -0.05) is 38.1 Å². The smallest absolute Gasteiger partial charge is 0.245 e. The third kappa shape index (κ3) is 4.07. The number of benzene rings is 1. The fraction of sp³-hybridized carbons (Fsp3) is 0.600. The topological polar surface area (TPSA) is 49.9 Å². The van der Waals surface area contributed by atoms with Gasteiger partial charge in [-0.3, -0.25) is 9.59 Å². The number of hydrogen-bond acceptors (Lipinski definition) is 4. The minimum absolute atomic E-state index is 0.0653. The zero-order valence-electron chi connectivity index (χ0n) is 15.8. The molecule has 6 heteroatoms. The van der Waals surface area contributed by atoms with Gasteiger partial charge in [0.15, 0.2) is 0 Å². The first kappa shape index (κ1) is 19.2. The Balaban J connectivity index is 1.91. The number of carbonyl (C=O) groups excluding carboxylic acids is 2. The van der Waals surface area contributed by atoms with Gasteiger partial charge in [0.1, 0.15) is 11.4 Å². The van der Waals surface area contributed by atoms with E-state index in [1.165, 1.54) is 0 Å². The van der Waals surface area contributed by atoms with Crippen LogP contribution in [0.15, 0.2) is 24.3 Å². The van der Waals surface area contributed by atoms with E-state index in [9.17, 15) is 9.59 Å². The zero-order chi connectivity index (χ0) is 18.7. The van der Waals surface area contributed by atoms with Crippen molar-refractivity contribution < 1.29 is 14.3 Å². The van der Waals surface area contributed by atoms with Crippen molar-refractivity contribution in [1.82, 2.24) is 9.80 Å². The van der Waals surface area contributed by atoms with Crippen molar-refractivity contribution >= 4 is 23.6 Å². The van der Waals surface area contributed by atoms with Crippen molar-refractivity contribution in [2.45, 2.75) is 38.6 Å². The van der Waals surface area contributed by atoms with Crippen LogP contribution in [-0.4, -0.2) is 59.7 Å². The Morgan fingerprint density at radius 2 is 1.96 bits per heavy atom. The van der Waals surface area contributed by atoms with Crippen molar-refractivity contribution in [1.29, 1.82) is 0 Å². The molecule has 0 N–H and O–H groups in total. The fourth-order valence-electron chi connectivity index (χ4n) is 3.65. The second-order valence-corrected chi connectivity index (χ2v) is 8.47. The van der Waals surface area contributed by atoms with Crippen LogP contribution in [0.3, 0.4) is 0 Å². The zero-order valence-corrected chi connectivity index (χ0v) is 16.6. The molecule has 1 aromatic rings. The number of nitrogens with zero attached hydrogens (tertiary/aromatic N) is 2. The molecular weight excluding hydrogens is 348 g/mol. The summed E-state index contributed by atoms with van der Waals surface area (Å²) in [6.45, 7) is 8.65. The SMILES string of the molecule is Cc1ccccc1[C@H]1SCC(=O)N1[C@H](CC(C)C)C(=O)N1CCOCC1. The Bertz CT molecular complexity index is 658. The summed E-state index contributed by atoms with van der Waals surface area (Å²) in [7, 11) is 0. The van der Waals surface area contributed by atoms with Gasteiger partial charge in [-0.25, -0.2) is 0 Å². The maximum Gasteiger partial charge on any atom is 0.245 e. The lowest BCUT2D eigenvalue weighted by atomic mass is 9.99. The van der Waals surface area contributed by atoms with E-state index < -0.39 is 6.04 Å². The lowest BCUT2D eigenvalue weighted by molar-refractivity contribution is -0.148. The van der Waals surface area contributed by atoms with E-state index in [1.807, 2.05) is 21.9 Å². The summed E-state index contributed by atoms with van der Waals surface area (Å²) in [5.41, 5.74) is 2.29. The van der Waals surface area contributed by atoms with Crippen LogP contribution in [0.2, 0.25) is 0 Å². The van der Waals surface area contributed by atoms with Gasteiger partial charge in [0.05, 0.1) is 19.0 Å². The van der Waals surface area contributed by atoms with Gasteiger partial charge in [-0.05, 0) is 30.4 Å². The van der Waals surface area contributed by atoms with Gasteiger partial charge in [-0.15, -0.1) is 11.8 Å². The fourth-order valence-corrected chi connectivity index (χ4v) is 4.97. The van der Waals surface area contributed by atoms with Gasteiger partial charge < -0.3 is 14.5 Å². The van der Waals surface area contributed by atoms with Crippen LogP contribution in [0.4, 0.5) is 0 Å². The summed E-state index contributed by atoms with van der Waals surface area (Å²) in [6, 6.07) is 7.75. The molecule has 5 nitrogen and oxygen atoms in total. The van der Waals surface area contributed by atoms with Crippen molar-refractivity contribution in [2.24, 2.45) is 5.92 Å². The molecule has 2 aliphatic heterocycles. The maximum atomic E-state index is 13.3. The van der Waals surface area contributed by atoms with Crippen LogP contribution in [0.5, 0.6) is 0 Å². The average molecular weight is 377 g/mol. The molecule has 0 aliphatic carbocycles. The number of rotatable bonds is 5. The number of carbonyl (C=O) groups is 2. The molecule has 142 valence electrons. The van der Waals surface area contributed by atoms with Crippen molar-refractivity contribution in [3.63, 3.8) is 0 Å². The molecule has 1 aromatic carbocycles. The predicted molar refractivity (Wildman–Crippen MR) is 104 cm³/mol.